The third-order valence-corrected chi connectivity index (χ3v) is 2.36. The molecule has 0 saturated carbocycles. The first kappa shape index (κ1) is 11.9. The second-order valence-electron chi connectivity index (χ2n) is 3.84. The molecule has 92 valence electrons. The number of carbonyl (C=O) groups excluding carboxylic acids is 1. The van der Waals surface area contributed by atoms with Gasteiger partial charge in [-0.1, -0.05) is 0 Å². The lowest BCUT2D eigenvalue weighted by Crippen LogP contribution is -2.13. The number of anilines is 1. The van der Waals surface area contributed by atoms with Crippen molar-refractivity contribution in [1.29, 1.82) is 0 Å². The van der Waals surface area contributed by atoms with Crippen LogP contribution in [0.3, 0.4) is 0 Å². The molecule has 0 aliphatic carbocycles. The number of nitrogens with zero attached hydrogens (tertiary/aromatic N) is 1. The van der Waals surface area contributed by atoms with Crippen molar-refractivity contribution in [2.24, 2.45) is 5.73 Å². The van der Waals surface area contributed by atoms with Crippen LogP contribution in [0.2, 0.25) is 0 Å². The van der Waals surface area contributed by atoms with E-state index in [0.717, 1.165) is 5.69 Å². The maximum atomic E-state index is 11.3. The summed E-state index contributed by atoms with van der Waals surface area (Å²) in [5.41, 5.74) is 12.5. The molecule has 18 heavy (non-hydrogen) atoms. The number of benzene rings is 1. The molecular formula is C13H13N3O2. The summed E-state index contributed by atoms with van der Waals surface area (Å²) >= 11 is 0. The second-order valence-corrected chi connectivity index (χ2v) is 3.84. The minimum Gasteiger partial charge on any atom is -0.438 e. The Morgan fingerprint density at radius 2 is 1.83 bits per heavy atom. The number of primary amides is 1. The molecule has 1 amide bonds. The van der Waals surface area contributed by atoms with E-state index in [1.165, 1.54) is 0 Å². The molecule has 0 fully saturated rings. The quantitative estimate of drug-likeness (QED) is 0.805. The van der Waals surface area contributed by atoms with Crippen molar-refractivity contribution in [3.05, 3.63) is 47.7 Å². The Balaban J connectivity index is 2.35. The van der Waals surface area contributed by atoms with Crippen LogP contribution in [0.5, 0.6) is 11.6 Å². The number of aromatic nitrogens is 1. The van der Waals surface area contributed by atoms with Crippen LogP contribution in [0.25, 0.3) is 0 Å². The number of carbonyl (C=O) groups is 1. The Morgan fingerprint density at radius 1 is 1.17 bits per heavy atom. The van der Waals surface area contributed by atoms with Crippen molar-refractivity contribution in [1.82, 2.24) is 4.98 Å². The highest BCUT2D eigenvalue weighted by molar-refractivity contribution is 5.95. The van der Waals surface area contributed by atoms with Crippen molar-refractivity contribution in [2.45, 2.75) is 6.92 Å². The fourth-order valence-corrected chi connectivity index (χ4v) is 1.45. The summed E-state index contributed by atoms with van der Waals surface area (Å²) in [6, 6.07) is 10.1. The summed E-state index contributed by atoms with van der Waals surface area (Å²) < 4.78 is 5.54. The Bertz CT molecular complexity index is 579. The SMILES string of the molecule is Cc1ccc(C(N)=O)c(Oc2ccc(N)cc2)n1. The first-order valence-corrected chi connectivity index (χ1v) is 5.37. The Labute approximate surface area is 104 Å². The molecule has 1 aromatic carbocycles. The maximum Gasteiger partial charge on any atom is 0.254 e. The summed E-state index contributed by atoms with van der Waals surface area (Å²) in [7, 11) is 0. The maximum absolute atomic E-state index is 11.3. The van der Waals surface area contributed by atoms with Crippen molar-refractivity contribution >= 4 is 11.6 Å². The molecule has 0 unspecified atom stereocenters. The smallest absolute Gasteiger partial charge is 0.254 e. The van der Waals surface area contributed by atoms with E-state index in [0.29, 0.717) is 11.4 Å². The molecule has 0 atom stereocenters. The zero-order valence-electron chi connectivity index (χ0n) is 9.88. The lowest BCUT2D eigenvalue weighted by Gasteiger charge is -2.08. The highest BCUT2D eigenvalue weighted by Gasteiger charge is 2.12. The van der Waals surface area contributed by atoms with E-state index in [-0.39, 0.29) is 11.4 Å². The molecule has 0 bridgehead atoms. The van der Waals surface area contributed by atoms with E-state index >= 15 is 0 Å². The number of rotatable bonds is 3. The van der Waals surface area contributed by atoms with E-state index in [9.17, 15) is 4.79 Å². The lowest BCUT2D eigenvalue weighted by molar-refractivity contribution is 0.0997. The zero-order valence-corrected chi connectivity index (χ0v) is 9.88. The molecule has 5 heteroatoms. The summed E-state index contributed by atoms with van der Waals surface area (Å²) in [6.45, 7) is 1.81. The first-order valence-electron chi connectivity index (χ1n) is 5.37. The number of aryl methyl sites for hydroxylation is 1. The average Bonchev–Trinajstić information content (AvgIpc) is 2.32. The summed E-state index contributed by atoms with van der Waals surface area (Å²) in [4.78, 5) is 15.4. The Morgan fingerprint density at radius 3 is 2.44 bits per heavy atom. The Kier molecular flexibility index (Phi) is 3.14. The topological polar surface area (TPSA) is 91.2 Å². The molecule has 0 aliphatic heterocycles. The molecule has 0 saturated heterocycles. The first-order chi connectivity index (χ1) is 8.56. The number of ether oxygens (including phenoxy) is 1. The van der Waals surface area contributed by atoms with Crippen LogP contribution in [-0.2, 0) is 0 Å². The van der Waals surface area contributed by atoms with Gasteiger partial charge in [0.15, 0.2) is 0 Å². The van der Waals surface area contributed by atoms with Gasteiger partial charge in [0.2, 0.25) is 5.88 Å². The predicted molar refractivity (Wildman–Crippen MR) is 68.4 cm³/mol. The molecule has 2 aromatic rings. The van der Waals surface area contributed by atoms with Gasteiger partial charge in [-0.15, -0.1) is 0 Å². The van der Waals surface area contributed by atoms with Crippen LogP contribution in [0, 0.1) is 6.92 Å². The number of amides is 1. The number of nitrogens with two attached hydrogens (primary N) is 2. The molecule has 0 radical (unpaired) electrons. The number of nitrogen functional groups attached to an aromatic ring is 1. The monoisotopic (exact) mass is 243 g/mol. The molecule has 0 spiro atoms. The Hall–Kier alpha value is -2.56. The highest BCUT2D eigenvalue weighted by atomic mass is 16.5. The van der Waals surface area contributed by atoms with Gasteiger partial charge < -0.3 is 16.2 Å². The van der Waals surface area contributed by atoms with Crippen molar-refractivity contribution in [3.8, 4) is 11.6 Å². The molecular weight excluding hydrogens is 230 g/mol. The minimum atomic E-state index is -0.576. The molecule has 1 heterocycles. The van der Waals surface area contributed by atoms with E-state index in [1.807, 2.05) is 0 Å². The predicted octanol–water partition coefficient (Wildman–Crippen LogP) is 1.86. The van der Waals surface area contributed by atoms with Crippen LogP contribution < -0.4 is 16.2 Å². The fraction of sp³-hybridized carbons (Fsp3) is 0.0769. The number of hydrogen-bond acceptors (Lipinski definition) is 4. The minimum absolute atomic E-state index is 0.201. The standard InChI is InChI=1S/C13H13N3O2/c1-8-2-7-11(12(15)17)13(16-8)18-10-5-3-9(14)4-6-10/h2-7H,14H2,1H3,(H2,15,17). The van der Waals surface area contributed by atoms with Gasteiger partial charge in [-0.25, -0.2) is 4.98 Å². The van der Waals surface area contributed by atoms with Crippen molar-refractivity contribution in [2.75, 3.05) is 5.73 Å². The summed E-state index contributed by atoms with van der Waals surface area (Å²) in [5, 5.41) is 0. The molecule has 1 aromatic heterocycles. The van der Waals surface area contributed by atoms with Crippen LogP contribution in [0.1, 0.15) is 16.1 Å². The van der Waals surface area contributed by atoms with E-state index in [2.05, 4.69) is 4.98 Å². The second kappa shape index (κ2) is 4.75. The van der Waals surface area contributed by atoms with E-state index in [4.69, 9.17) is 16.2 Å². The van der Waals surface area contributed by atoms with Gasteiger partial charge in [0.1, 0.15) is 11.3 Å². The summed E-state index contributed by atoms with van der Waals surface area (Å²) in [6.07, 6.45) is 0. The number of pyridine rings is 1. The zero-order chi connectivity index (χ0) is 13.1. The third kappa shape index (κ3) is 2.57. The summed E-state index contributed by atoms with van der Waals surface area (Å²) in [5.74, 6) is 0.171. The third-order valence-electron chi connectivity index (χ3n) is 2.36. The van der Waals surface area contributed by atoms with Crippen LogP contribution in [-0.4, -0.2) is 10.9 Å². The van der Waals surface area contributed by atoms with Crippen molar-refractivity contribution in [3.63, 3.8) is 0 Å². The fourth-order valence-electron chi connectivity index (χ4n) is 1.45. The van der Waals surface area contributed by atoms with E-state index in [1.54, 1.807) is 43.3 Å². The van der Waals surface area contributed by atoms with Gasteiger partial charge in [-0.3, -0.25) is 4.79 Å². The molecule has 5 nitrogen and oxygen atoms in total. The normalized spacial score (nSPS) is 10.1. The van der Waals surface area contributed by atoms with Gasteiger partial charge >= 0.3 is 0 Å². The largest absolute Gasteiger partial charge is 0.438 e. The number of hydrogen-bond donors (Lipinski definition) is 2. The van der Waals surface area contributed by atoms with Gasteiger partial charge in [0.25, 0.3) is 5.91 Å². The van der Waals surface area contributed by atoms with Gasteiger partial charge in [0, 0.05) is 11.4 Å². The van der Waals surface area contributed by atoms with Crippen LogP contribution in [0.4, 0.5) is 5.69 Å². The van der Waals surface area contributed by atoms with Crippen molar-refractivity contribution < 1.29 is 9.53 Å². The molecule has 2 rings (SSSR count). The van der Waals surface area contributed by atoms with Gasteiger partial charge in [0.05, 0.1) is 0 Å². The van der Waals surface area contributed by atoms with Crippen LogP contribution >= 0.6 is 0 Å². The molecule has 4 N–H and O–H groups in total. The van der Waals surface area contributed by atoms with Crippen LogP contribution in [0.15, 0.2) is 36.4 Å². The van der Waals surface area contributed by atoms with E-state index < -0.39 is 5.91 Å². The average molecular weight is 243 g/mol. The highest BCUT2D eigenvalue weighted by Crippen LogP contribution is 2.24. The van der Waals surface area contributed by atoms with Gasteiger partial charge in [-0.2, -0.15) is 0 Å². The lowest BCUT2D eigenvalue weighted by atomic mass is 10.2. The van der Waals surface area contributed by atoms with Gasteiger partial charge in [-0.05, 0) is 43.3 Å². The molecule has 0 aliphatic rings.